The van der Waals surface area contributed by atoms with Crippen molar-refractivity contribution in [3.63, 3.8) is 0 Å². The molecule has 2 aliphatic heterocycles. The Morgan fingerprint density at radius 1 is 1.00 bits per heavy atom. The first-order valence-corrected chi connectivity index (χ1v) is 13.8. The quantitative estimate of drug-likeness (QED) is 0.422. The molecule has 11 nitrogen and oxygen atoms in total. The number of carboxylic acids is 1. The molecule has 4 amide bonds. The molecule has 2 heterocycles. The summed E-state index contributed by atoms with van der Waals surface area (Å²) >= 11 is 0. The minimum Gasteiger partial charge on any atom is -0.495 e. The summed E-state index contributed by atoms with van der Waals surface area (Å²) < 4.78 is 11.0. The molecule has 0 unspecified atom stereocenters. The Bertz CT molecular complexity index is 1280. The predicted molar refractivity (Wildman–Crippen MR) is 153 cm³/mol. The Labute approximate surface area is 239 Å². The number of carboxylic acid groups (broad SMARTS) is 1. The zero-order chi connectivity index (χ0) is 29.5. The van der Waals surface area contributed by atoms with E-state index in [-0.39, 0.29) is 36.7 Å². The number of aliphatic carboxylic acids is 1. The van der Waals surface area contributed by atoms with Gasteiger partial charge in [-0.25, -0.2) is 4.79 Å². The number of para-hydroxylation sites is 1. The predicted octanol–water partition coefficient (Wildman–Crippen LogP) is 3.52. The van der Waals surface area contributed by atoms with Crippen molar-refractivity contribution in [2.24, 2.45) is 5.92 Å². The van der Waals surface area contributed by atoms with Crippen molar-refractivity contribution in [1.29, 1.82) is 0 Å². The molecule has 4 rings (SSSR count). The summed E-state index contributed by atoms with van der Waals surface area (Å²) in [4.78, 5) is 53.9. The monoisotopic (exact) mass is 566 g/mol. The van der Waals surface area contributed by atoms with E-state index in [1.165, 1.54) is 7.11 Å². The van der Waals surface area contributed by atoms with Crippen molar-refractivity contribution in [1.82, 2.24) is 9.80 Å². The van der Waals surface area contributed by atoms with Crippen molar-refractivity contribution in [3.8, 4) is 5.75 Å². The number of piperidine rings is 1. The van der Waals surface area contributed by atoms with Crippen LogP contribution in [0.3, 0.4) is 0 Å². The van der Waals surface area contributed by atoms with Crippen LogP contribution in [0.5, 0.6) is 5.75 Å². The fourth-order valence-electron chi connectivity index (χ4n) is 5.51. The molecule has 2 fully saturated rings. The number of carbonyl (C=O) groups is 4. The lowest BCUT2D eigenvalue weighted by Gasteiger charge is -2.35. The van der Waals surface area contributed by atoms with Crippen LogP contribution >= 0.6 is 0 Å². The highest BCUT2D eigenvalue weighted by atomic mass is 16.5. The van der Waals surface area contributed by atoms with E-state index in [0.29, 0.717) is 61.6 Å². The molecule has 41 heavy (non-hydrogen) atoms. The molecule has 2 aromatic rings. The first-order chi connectivity index (χ1) is 19.7. The Morgan fingerprint density at radius 3 is 2.37 bits per heavy atom. The van der Waals surface area contributed by atoms with Gasteiger partial charge in [-0.1, -0.05) is 24.3 Å². The molecular formula is C30H38N4O7. The van der Waals surface area contributed by atoms with E-state index in [9.17, 15) is 19.2 Å². The summed E-state index contributed by atoms with van der Waals surface area (Å²) in [6.45, 7) is 3.18. The summed E-state index contributed by atoms with van der Waals surface area (Å²) in [6, 6.07) is 11.5. The van der Waals surface area contributed by atoms with E-state index in [1.54, 1.807) is 35.1 Å². The number of urea groups is 1. The summed E-state index contributed by atoms with van der Waals surface area (Å²) in [5.41, 5.74) is 2.76. The molecule has 220 valence electrons. The second-order valence-electron chi connectivity index (χ2n) is 10.6. The number of likely N-dealkylation sites (tertiary alicyclic amines) is 2. The first kappa shape index (κ1) is 29.9. The first-order valence-electron chi connectivity index (χ1n) is 13.8. The number of rotatable bonds is 9. The Morgan fingerprint density at radius 2 is 1.71 bits per heavy atom. The normalized spacial score (nSPS) is 19.1. The maximum absolute atomic E-state index is 13.5. The van der Waals surface area contributed by atoms with Gasteiger partial charge in [-0.2, -0.15) is 0 Å². The maximum atomic E-state index is 13.5. The fourth-order valence-corrected chi connectivity index (χ4v) is 5.51. The second-order valence-corrected chi connectivity index (χ2v) is 10.6. The van der Waals surface area contributed by atoms with Gasteiger partial charge >= 0.3 is 12.0 Å². The van der Waals surface area contributed by atoms with Gasteiger partial charge in [0.25, 0.3) is 0 Å². The molecule has 0 saturated carbocycles. The Balaban J connectivity index is 1.40. The van der Waals surface area contributed by atoms with Crippen LogP contribution in [0.2, 0.25) is 0 Å². The smallest absolute Gasteiger partial charge is 0.323 e. The van der Waals surface area contributed by atoms with Crippen LogP contribution in [-0.4, -0.2) is 84.7 Å². The van der Waals surface area contributed by atoms with Crippen LogP contribution < -0.4 is 15.4 Å². The van der Waals surface area contributed by atoms with Crippen LogP contribution in [0, 0.1) is 12.8 Å². The number of amides is 4. The molecular weight excluding hydrogens is 528 g/mol. The molecule has 2 aromatic carbocycles. The number of ether oxygens (including phenoxy) is 2. The molecule has 0 aromatic heterocycles. The van der Waals surface area contributed by atoms with Gasteiger partial charge in [0.2, 0.25) is 11.8 Å². The highest BCUT2D eigenvalue weighted by molar-refractivity contribution is 6.01. The number of anilines is 2. The van der Waals surface area contributed by atoms with Crippen molar-refractivity contribution in [3.05, 3.63) is 53.6 Å². The van der Waals surface area contributed by atoms with Gasteiger partial charge < -0.3 is 35.0 Å². The van der Waals surface area contributed by atoms with E-state index < -0.39 is 18.0 Å². The highest BCUT2D eigenvalue weighted by Gasteiger charge is 2.42. The zero-order valence-corrected chi connectivity index (χ0v) is 23.7. The van der Waals surface area contributed by atoms with E-state index in [1.807, 2.05) is 31.2 Å². The average Bonchev–Trinajstić information content (AvgIpc) is 3.40. The van der Waals surface area contributed by atoms with Crippen LogP contribution in [0.1, 0.15) is 36.8 Å². The lowest BCUT2D eigenvalue weighted by Crippen LogP contribution is -2.50. The topological polar surface area (TPSA) is 138 Å². The van der Waals surface area contributed by atoms with Crippen LogP contribution in [-0.2, 0) is 25.5 Å². The minimum absolute atomic E-state index is 0.0486. The third kappa shape index (κ3) is 7.55. The lowest BCUT2D eigenvalue weighted by molar-refractivity contribution is -0.145. The molecule has 0 radical (unpaired) electrons. The number of carbonyl (C=O) groups excluding carboxylic acids is 3. The minimum atomic E-state index is -0.823. The standard InChI is InChI=1S/C30H38N4O7/c1-19-6-4-5-7-23(19)31-30(39)32-24-9-8-21(14-26(24)41-3)15-27(35)34-18-22(40-2)17-25(34)29(38)33-12-10-20(11-13-33)16-28(36)37/h4-9,14,20,22,25H,10-13,15-18H2,1-3H3,(H,36,37)(H2,31,32,39)/t22-,25+/m1/s1. The number of nitrogens with zero attached hydrogens (tertiary/aromatic N) is 2. The largest absolute Gasteiger partial charge is 0.495 e. The van der Waals surface area contributed by atoms with Crippen molar-refractivity contribution < 1.29 is 33.8 Å². The fraction of sp³-hybridized carbons (Fsp3) is 0.467. The number of aryl methyl sites for hydroxylation is 1. The molecule has 11 heteroatoms. The molecule has 2 aliphatic rings. The Kier molecular flexibility index (Phi) is 9.82. The Hall–Kier alpha value is -4.12. The van der Waals surface area contributed by atoms with Crippen molar-refractivity contribution in [2.45, 2.75) is 51.2 Å². The van der Waals surface area contributed by atoms with Gasteiger partial charge in [0.15, 0.2) is 0 Å². The summed E-state index contributed by atoms with van der Waals surface area (Å²) in [5.74, 6) is -0.683. The third-order valence-electron chi connectivity index (χ3n) is 7.85. The number of hydrogen-bond donors (Lipinski definition) is 3. The highest BCUT2D eigenvalue weighted by Crippen LogP contribution is 2.29. The van der Waals surface area contributed by atoms with Crippen molar-refractivity contribution >= 4 is 35.2 Å². The molecule has 0 bridgehead atoms. The molecule has 0 spiro atoms. The van der Waals surface area contributed by atoms with Gasteiger partial charge in [-0.3, -0.25) is 14.4 Å². The molecule has 2 atom stereocenters. The molecule has 0 aliphatic carbocycles. The lowest BCUT2D eigenvalue weighted by atomic mass is 9.93. The molecule has 2 saturated heterocycles. The summed E-state index contributed by atoms with van der Waals surface area (Å²) in [7, 11) is 3.06. The van der Waals surface area contributed by atoms with Gasteiger partial charge in [0.1, 0.15) is 11.8 Å². The van der Waals surface area contributed by atoms with Crippen LogP contribution in [0.25, 0.3) is 0 Å². The van der Waals surface area contributed by atoms with E-state index in [4.69, 9.17) is 14.6 Å². The van der Waals surface area contributed by atoms with Crippen LogP contribution in [0.4, 0.5) is 16.2 Å². The summed E-state index contributed by atoms with van der Waals surface area (Å²) in [5, 5.41) is 14.7. The SMILES string of the molecule is COc1cc(CC(=O)N2C[C@H](OC)C[C@H]2C(=O)N2CCC(CC(=O)O)CC2)ccc1NC(=O)Nc1ccccc1C. The third-order valence-corrected chi connectivity index (χ3v) is 7.85. The van der Waals surface area contributed by atoms with E-state index in [2.05, 4.69) is 10.6 Å². The van der Waals surface area contributed by atoms with Gasteiger partial charge in [-0.15, -0.1) is 0 Å². The zero-order valence-electron chi connectivity index (χ0n) is 23.7. The van der Waals surface area contributed by atoms with Gasteiger partial charge in [-0.05, 0) is 55.0 Å². The number of hydrogen-bond acceptors (Lipinski definition) is 6. The van der Waals surface area contributed by atoms with Gasteiger partial charge in [0, 0.05) is 45.3 Å². The number of benzene rings is 2. The average molecular weight is 567 g/mol. The van der Waals surface area contributed by atoms with E-state index in [0.717, 1.165) is 5.56 Å². The summed E-state index contributed by atoms with van der Waals surface area (Å²) in [6.07, 6.45) is 1.60. The number of nitrogens with one attached hydrogen (secondary N) is 2. The van der Waals surface area contributed by atoms with E-state index >= 15 is 0 Å². The number of methoxy groups -OCH3 is 2. The van der Waals surface area contributed by atoms with Gasteiger partial charge in [0.05, 0.1) is 25.3 Å². The van der Waals surface area contributed by atoms with Crippen LogP contribution in [0.15, 0.2) is 42.5 Å². The maximum Gasteiger partial charge on any atom is 0.323 e. The second kappa shape index (κ2) is 13.5. The molecule has 3 N–H and O–H groups in total. The van der Waals surface area contributed by atoms with Crippen molar-refractivity contribution in [2.75, 3.05) is 44.5 Å².